The number of nitrogens with zero attached hydrogens (tertiary/aromatic N) is 5. The van der Waals surface area contributed by atoms with E-state index in [0.29, 0.717) is 30.3 Å². The van der Waals surface area contributed by atoms with Crippen molar-refractivity contribution in [1.82, 2.24) is 30.5 Å². The summed E-state index contributed by atoms with van der Waals surface area (Å²) < 4.78 is 51.6. The minimum Gasteiger partial charge on any atom is -0.425 e. The first-order chi connectivity index (χ1) is 15.2. The number of rotatable bonds is 10. The van der Waals surface area contributed by atoms with Gasteiger partial charge in [0.25, 0.3) is 0 Å². The maximum atomic E-state index is 12.2. The predicted molar refractivity (Wildman–Crippen MR) is 101 cm³/mol. The third kappa shape index (κ3) is 5.91. The standard InChI is InChI=1S/C19H23F3N6O4/c1-11(25-16(29)10-30-14-8-13(9-14)28-23-4-5-24-28)2-3-17-26-27-18(31-17)12-6-15(7-12)32-19(20,21)22/h4-5,12-15H,1-3,6-10H2,(H,25,29). The van der Waals surface area contributed by atoms with E-state index < -0.39 is 12.5 Å². The van der Waals surface area contributed by atoms with Crippen LogP contribution in [0, 0.1) is 0 Å². The minimum atomic E-state index is -4.64. The number of hydrogen-bond acceptors (Lipinski definition) is 8. The van der Waals surface area contributed by atoms with Gasteiger partial charge in [-0.05, 0) is 32.1 Å². The Morgan fingerprint density at radius 2 is 1.91 bits per heavy atom. The number of alkyl halides is 3. The molecule has 174 valence electrons. The number of allylic oxidation sites excluding steroid dienone is 1. The van der Waals surface area contributed by atoms with Crippen molar-refractivity contribution in [3.8, 4) is 0 Å². The lowest BCUT2D eigenvalue weighted by Crippen LogP contribution is -2.37. The molecule has 10 nitrogen and oxygen atoms in total. The molecular formula is C19H23F3N6O4. The van der Waals surface area contributed by atoms with Gasteiger partial charge >= 0.3 is 6.36 Å². The fourth-order valence-corrected chi connectivity index (χ4v) is 3.61. The van der Waals surface area contributed by atoms with E-state index in [1.165, 1.54) is 0 Å². The van der Waals surface area contributed by atoms with E-state index in [1.54, 1.807) is 17.2 Å². The number of halogens is 3. The van der Waals surface area contributed by atoms with E-state index in [-0.39, 0.29) is 43.4 Å². The molecule has 2 aliphatic rings. The Kier molecular flexibility index (Phi) is 6.55. The summed E-state index contributed by atoms with van der Waals surface area (Å²) in [7, 11) is 0. The lowest BCUT2D eigenvalue weighted by Gasteiger charge is -2.33. The fraction of sp³-hybridized carbons (Fsp3) is 0.632. The molecule has 0 atom stereocenters. The third-order valence-electron chi connectivity index (χ3n) is 5.47. The number of aromatic nitrogens is 5. The molecule has 2 heterocycles. The molecule has 2 aromatic rings. The number of ether oxygens (including phenoxy) is 2. The number of amides is 1. The molecule has 1 amide bonds. The van der Waals surface area contributed by atoms with Crippen molar-refractivity contribution in [3.63, 3.8) is 0 Å². The SMILES string of the molecule is C=C(CCc1nnc(C2CC(OC(F)(F)F)C2)o1)NC(=O)COC1CC(n2nccn2)C1. The van der Waals surface area contributed by atoms with Crippen LogP contribution >= 0.6 is 0 Å². The highest BCUT2D eigenvalue weighted by atomic mass is 19.4. The van der Waals surface area contributed by atoms with Gasteiger partial charge in [-0.25, -0.2) is 0 Å². The average molecular weight is 456 g/mol. The molecule has 2 aliphatic carbocycles. The van der Waals surface area contributed by atoms with Gasteiger partial charge in [0.2, 0.25) is 17.7 Å². The van der Waals surface area contributed by atoms with Crippen molar-refractivity contribution < 1.29 is 31.9 Å². The molecule has 0 aliphatic heterocycles. The Labute approximate surface area is 181 Å². The smallest absolute Gasteiger partial charge is 0.425 e. The Balaban J connectivity index is 1.09. The largest absolute Gasteiger partial charge is 0.522 e. The Morgan fingerprint density at radius 1 is 1.19 bits per heavy atom. The van der Waals surface area contributed by atoms with E-state index in [2.05, 4.69) is 37.0 Å². The van der Waals surface area contributed by atoms with Crippen molar-refractivity contribution >= 4 is 5.91 Å². The third-order valence-corrected chi connectivity index (χ3v) is 5.47. The van der Waals surface area contributed by atoms with Crippen LogP contribution in [0.1, 0.15) is 55.8 Å². The molecule has 0 unspecified atom stereocenters. The van der Waals surface area contributed by atoms with Gasteiger partial charge in [-0.3, -0.25) is 9.53 Å². The lowest BCUT2D eigenvalue weighted by atomic mass is 9.82. The van der Waals surface area contributed by atoms with Crippen molar-refractivity contribution in [3.05, 3.63) is 36.5 Å². The molecule has 2 saturated carbocycles. The average Bonchev–Trinajstić information content (AvgIpc) is 3.32. The summed E-state index contributed by atoms with van der Waals surface area (Å²) in [6, 6.07) is 0.204. The highest BCUT2D eigenvalue weighted by Crippen LogP contribution is 2.40. The molecule has 0 spiro atoms. The number of hydrogen-bond donors (Lipinski definition) is 1. The topological polar surface area (TPSA) is 117 Å². The van der Waals surface area contributed by atoms with E-state index in [4.69, 9.17) is 9.15 Å². The number of nitrogens with one attached hydrogen (secondary N) is 1. The summed E-state index contributed by atoms with van der Waals surface area (Å²) in [6.45, 7) is 3.74. The number of carbonyl (C=O) groups excluding carboxylic acids is 1. The van der Waals surface area contributed by atoms with Crippen LogP contribution in [-0.2, 0) is 20.7 Å². The van der Waals surface area contributed by atoms with Crippen LogP contribution < -0.4 is 5.32 Å². The second-order valence-corrected chi connectivity index (χ2v) is 7.95. The van der Waals surface area contributed by atoms with Gasteiger partial charge in [-0.2, -0.15) is 15.0 Å². The van der Waals surface area contributed by atoms with Crippen LogP contribution in [0.3, 0.4) is 0 Å². The highest BCUT2D eigenvalue weighted by Gasteiger charge is 2.42. The van der Waals surface area contributed by atoms with Crippen LogP contribution in [0.2, 0.25) is 0 Å². The van der Waals surface area contributed by atoms with Crippen molar-refractivity contribution in [2.24, 2.45) is 0 Å². The summed E-state index contributed by atoms with van der Waals surface area (Å²) >= 11 is 0. The van der Waals surface area contributed by atoms with E-state index >= 15 is 0 Å². The van der Waals surface area contributed by atoms with Crippen molar-refractivity contribution in [2.45, 2.75) is 69.1 Å². The van der Waals surface area contributed by atoms with Gasteiger partial charge in [0.05, 0.1) is 30.6 Å². The summed E-state index contributed by atoms with van der Waals surface area (Å²) in [5.74, 6) is 0.0969. The Hall–Kier alpha value is -2.80. The second-order valence-electron chi connectivity index (χ2n) is 7.95. The molecule has 4 rings (SSSR count). The summed E-state index contributed by atoms with van der Waals surface area (Å²) in [4.78, 5) is 13.7. The molecule has 13 heteroatoms. The van der Waals surface area contributed by atoms with Crippen LogP contribution in [0.5, 0.6) is 0 Å². The lowest BCUT2D eigenvalue weighted by molar-refractivity contribution is -0.352. The van der Waals surface area contributed by atoms with Crippen molar-refractivity contribution in [1.29, 1.82) is 0 Å². The van der Waals surface area contributed by atoms with E-state index in [1.807, 2.05) is 0 Å². The monoisotopic (exact) mass is 456 g/mol. The maximum Gasteiger partial charge on any atom is 0.522 e. The van der Waals surface area contributed by atoms with Gasteiger partial charge in [0.15, 0.2) is 0 Å². The normalized spacial score (nSPS) is 25.1. The van der Waals surface area contributed by atoms with E-state index in [9.17, 15) is 18.0 Å². The van der Waals surface area contributed by atoms with Gasteiger partial charge in [0.1, 0.15) is 6.61 Å². The second kappa shape index (κ2) is 9.36. The number of carbonyl (C=O) groups is 1. The van der Waals surface area contributed by atoms with Gasteiger partial charge in [0, 0.05) is 18.0 Å². The minimum absolute atomic E-state index is 0.00513. The molecule has 32 heavy (non-hydrogen) atoms. The number of aryl methyl sites for hydroxylation is 1. The molecular weight excluding hydrogens is 433 g/mol. The molecule has 0 bridgehead atoms. The predicted octanol–water partition coefficient (Wildman–Crippen LogP) is 2.43. The summed E-state index contributed by atoms with van der Waals surface area (Å²) in [6.07, 6.45) is 0.348. The van der Waals surface area contributed by atoms with Gasteiger partial charge in [-0.15, -0.1) is 23.4 Å². The zero-order valence-electron chi connectivity index (χ0n) is 17.1. The van der Waals surface area contributed by atoms with Crippen molar-refractivity contribution in [2.75, 3.05) is 6.61 Å². The van der Waals surface area contributed by atoms with Crippen LogP contribution in [0.15, 0.2) is 29.1 Å². The quantitative estimate of drug-likeness (QED) is 0.579. The van der Waals surface area contributed by atoms with E-state index in [0.717, 1.165) is 12.8 Å². The molecule has 0 radical (unpaired) electrons. The van der Waals surface area contributed by atoms with Gasteiger partial charge < -0.3 is 14.5 Å². The van der Waals surface area contributed by atoms with Crippen LogP contribution in [-0.4, -0.2) is 56.3 Å². The summed E-state index contributed by atoms with van der Waals surface area (Å²) in [5, 5.41) is 18.6. The zero-order valence-corrected chi connectivity index (χ0v) is 17.1. The highest BCUT2D eigenvalue weighted by molar-refractivity contribution is 5.78. The van der Waals surface area contributed by atoms with Crippen LogP contribution in [0.25, 0.3) is 0 Å². The molecule has 0 aromatic carbocycles. The zero-order chi connectivity index (χ0) is 22.7. The molecule has 0 saturated heterocycles. The Bertz CT molecular complexity index is 920. The first kappa shape index (κ1) is 22.4. The molecule has 2 fully saturated rings. The maximum absolute atomic E-state index is 12.2. The Morgan fingerprint density at radius 3 is 2.59 bits per heavy atom. The first-order valence-electron chi connectivity index (χ1n) is 10.3. The van der Waals surface area contributed by atoms with Gasteiger partial charge in [-0.1, -0.05) is 6.58 Å². The first-order valence-corrected chi connectivity index (χ1v) is 10.3. The molecule has 2 aromatic heterocycles. The van der Waals surface area contributed by atoms with Crippen LogP contribution in [0.4, 0.5) is 13.2 Å². The summed E-state index contributed by atoms with van der Waals surface area (Å²) in [5.41, 5.74) is 0.480. The molecule has 1 N–H and O–H groups in total. The fourth-order valence-electron chi connectivity index (χ4n) is 3.61.